The standard InChI is InChI=1S/C19H23Cl2O6P.Na/c1-24-19(12-3-4-15(20)16(7-12)25-28(2,22)23)18(26-27-19)13-5-11-6-14(18)10-17(21,8-11)9-13;/h3-4,7,11,13-14H,5-6,8-10H2,1-2H3,(H,22,23);/q;+1/p-1. The van der Waals surface area contributed by atoms with Gasteiger partial charge < -0.3 is 14.2 Å². The molecule has 4 saturated carbocycles. The first-order valence-electron chi connectivity index (χ1n) is 9.50. The van der Waals surface area contributed by atoms with Crippen LogP contribution in [0, 0.1) is 17.8 Å². The van der Waals surface area contributed by atoms with Crippen LogP contribution in [0.2, 0.25) is 5.02 Å². The van der Waals surface area contributed by atoms with E-state index in [0.717, 1.165) is 38.8 Å². The van der Waals surface area contributed by atoms with Crippen LogP contribution in [0.4, 0.5) is 0 Å². The van der Waals surface area contributed by atoms with Crippen LogP contribution < -0.4 is 39.0 Å². The molecule has 4 aliphatic carbocycles. The van der Waals surface area contributed by atoms with Gasteiger partial charge in [-0.05, 0) is 62.0 Å². The number of alkyl halides is 1. The maximum absolute atomic E-state index is 11.6. The number of methoxy groups -OCH3 is 1. The summed E-state index contributed by atoms with van der Waals surface area (Å²) < 4.78 is 22.7. The van der Waals surface area contributed by atoms with E-state index in [1.165, 1.54) is 0 Å². The van der Waals surface area contributed by atoms with Crippen LogP contribution in [-0.2, 0) is 24.9 Å². The minimum atomic E-state index is -4.02. The Kier molecular flexibility index (Phi) is 5.79. The Morgan fingerprint density at radius 3 is 2.34 bits per heavy atom. The number of hydrogen-bond donors (Lipinski definition) is 0. The van der Waals surface area contributed by atoms with Crippen molar-refractivity contribution in [3.63, 3.8) is 0 Å². The van der Waals surface area contributed by atoms with Gasteiger partial charge in [0.25, 0.3) is 5.79 Å². The summed E-state index contributed by atoms with van der Waals surface area (Å²) in [7, 11) is -2.44. The molecule has 0 aromatic heterocycles. The average Bonchev–Trinajstić information content (AvgIpc) is 2.54. The van der Waals surface area contributed by atoms with Crippen molar-refractivity contribution >= 4 is 30.8 Å². The molecule has 4 atom stereocenters. The Labute approximate surface area is 202 Å². The third kappa shape index (κ3) is 3.30. The molecule has 0 amide bonds. The first kappa shape index (κ1) is 22.8. The van der Waals surface area contributed by atoms with Crippen molar-refractivity contribution in [2.45, 2.75) is 48.4 Å². The van der Waals surface area contributed by atoms with Gasteiger partial charge in [-0.1, -0.05) is 17.7 Å². The fourth-order valence-corrected chi connectivity index (χ4v) is 7.61. The number of benzene rings is 1. The summed E-state index contributed by atoms with van der Waals surface area (Å²) in [6, 6.07) is 4.94. The number of hydrogen-bond acceptors (Lipinski definition) is 6. The molecule has 1 saturated heterocycles. The van der Waals surface area contributed by atoms with Gasteiger partial charge in [0.15, 0.2) is 13.2 Å². The molecule has 4 unspecified atom stereocenters. The van der Waals surface area contributed by atoms with Crippen LogP contribution in [0.25, 0.3) is 0 Å². The Bertz CT molecular complexity index is 858. The summed E-state index contributed by atoms with van der Waals surface area (Å²) in [5, 5.41) is 0.201. The van der Waals surface area contributed by atoms with Crippen LogP contribution >= 0.6 is 30.8 Å². The molecular formula is C19H22Cl2NaO6P. The summed E-state index contributed by atoms with van der Waals surface area (Å²) in [5.74, 6) is -0.0650. The zero-order chi connectivity index (χ0) is 19.9. The number of ether oxygens (including phenoxy) is 1. The van der Waals surface area contributed by atoms with E-state index < -0.39 is 19.0 Å². The molecular weight excluding hydrogens is 449 g/mol. The molecule has 6 nitrogen and oxygen atoms in total. The molecule has 6 rings (SSSR count). The fraction of sp³-hybridized carbons (Fsp3) is 0.684. The van der Waals surface area contributed by atoms with E-state index >= 15 is 0 Å². The van der Waals surface area contributed by atoms with Gasteiger partial charge in [-0.25, -0.2) is 4.89 Å². The monoisotopic (exact) mass is 470 g/mol. The normalized spacial score (nSPS) is 44.1. The molecule has 1 aromatic rings. The van der Waals surface area contributed by atoms with Gasteiger partial charge in [0, 0.05) is 24.2 Å². The van der Waals surface area contributed by atoms with Crippen molar-refractivity contribution in [2.75, 3.05) is 13.8 Å². The second-order valence-corrected chi connectivity index (χ2v) is 11.7. The van der Waals surface area contributed by atoms with Gasteiger partial charge in [0.1, 0.15) is 5.75 Å². The molecule has 10 heteroatoms. The summed E-state index contributed by atoms with van der Waals surface area (Å²) in [5.41, 5.74) is -0.0135. The predicted molar refractivity (Wildman–Crippen MR) is 101 cm³/mol. The molecule has 1 heterocycles. The summed E-state index contributed by atoms with van der Waals surface area (Å²) in [6.45, 7) is 1.00. The van der Waals surface area contributed by atoms with Crippen molar-refractivity contribution in [2.24, 2.45) is 17.8 Å². The Balaban J connectivity index is 0.00000205. The number of halogens is 2. The Morgan fingerprint density at radius 2 is 1.86 bits per heavy atom. The summed E-state index contributed by atoms with van der Waals surface area (Å²) in [6.07, 6.45) is 4.84. The van der Waals surface area contributed by atoms with E-state index in [9.17, 15) is 9.46 Å². The minimum Gasteiger partial charge on any atom is -0.769 e. The van der Waals surface area contributed by atoms with Crippen molar-refractivity contribution in [3.8, 4) is 5.75 Å². The summed E-state index contributed by atoms with van der Waals surface area (Å²) >= 11 is 13.1. The van der Waals surface area contributed by atoms with Crippen molar-refractivity contribution in [1.29, 1.82) is 0 Å². The molecule has 4 bridgehead atoms. The van der Waals surface area contributed by atoms with E-state index in [0.29, 0.717) is 11.5 Å². The molecule has 5 aliphatic rings. The van der Waals surface area contributed by atoms with Gasteiger partial charge in [-0.3, -0.25) is 4.57 Å². The topological polar surface area (TPSA) is 77.1 Å². The SMILES string of the molecule is COC1(c2ccc(Cl)c(OP(C)(=O)[O-])c2)OOC12C1CC3CC2CC(Cl)(C3)C1.[Na+]. The molecule has 0 N–H and O–H groups in total. The van der Waals surface area contributed by atoms with Gasteiger partial charge in [-0.2, -0.15) is 4.89 Å². The van der Waals surface area contributed by atoms with Crippen LogP contribution in [0.1, 0.15) is 37.7 Å². The quantitative estimate of drug-likeness (QED) is 0.285. The first-order chi connectivity index (χ1) is 13.1. The second kappa shape index (κ2) is 7.34. The zero-order valence-electron chi connectivity index (χ0n) is 16.7. The van der Waals surface area contributed by atoms with E-state index in [4.69, 9.17) is 42.2 Å². The van der Waals surface area contributed by atoms with Crippen LogP contribution in [-0.4, -0.2) is 24.2 Å². The Morgan fingerprint density at radius 1 is 1.21 bits per heavy atom. The van der Waals surface area contributed by atoms with Crippen LogP contribution in [0.3, 0.4) is 0 Å². The summed E-state index contributed by atoms with van der Waals surface area (Å²) in [4.78, 5) is 23.1. The van der Waals surface area contributed by atoms with E-state index in [-0.39, 0.29) is 57.0 Å². The van der Waals surface area contributed by atoms with Gasteiger partial charge in [-0.15, -0.1) is 11.6 Å². The van der Waals surface area contributed by atoms with Crippen molar-refractivity contribution in [3.05, 3.63) is 28.8 Å². The molecule has 29 heavy (non-hydrogen) atoms. The third-order valence-electron chi connectivity index (χ3n) is 7.00. The average molecular weight is 471 g/mol. The zero-order valence-corrected chi connectivity index (χ0v) is 21.1. The number of rotatable bonds is 4. The van der Waals surface area contributed by atoms with E-state index in [1.54, 1.807) is 25.3 Å². The predicted octanol–water partition coefficient (Wildman–Crippen LogP) is 1.22. The fourth-order valence-electron chi connectivity index (χ4n) is 6.30. The molecule has 0 radical (unpaired) electrons. The third-order valence-corrected chi connectivity index (χ3v) is 8.31. The molecule has 154 valence electrons. The molecule has 1 spiro atoms. The minimum absolute atomic E-state index is 0. The second-order valence-electron chi connectivity index (χ2n) is 8.78. The van der Waals surface area contributed by atoms with Crippen molar-refractivity contribution in [1.82, 2.24) is 0 Å². The van der Waals surface area contributed by atoms with Gasteiger partial charge in [0.2, 0.25) is 0 Å². The van der Waals surface area contributed by atoms with Crippen LogP contribution in [0.15, 0.2) is 18.2 Å². The van der Waals surface area contributed by atoms with Gasteiger partial charge in [0.05, 0.1) is 5.02 Å². The smallest absolute Gasteiger partial charge is 0.769 e. The first-order valence-corrected chi connectivity index (χ1v) is 12.2. The van der Waals surface area contributed by atoms with Crippen molar-refractivity contribution < 1.29 is 58.1 Å². The van der Waals surface area contributed by atoms with E-state index in [1.807, 2.05) is 0 Å². The Hall–Kier alpha value is 0.670. The maximum atomic E-state index is 11.6. The maximum Gasteiger partial charge on any atom is 1.00 e. The van der Waals surface area contributed by atoms with Crippen LogP contribution in [0.5, 0.6) is 5.75 Å². The molecule has 5 fully saturated rings. The largest absolute Gasteiger partial charge is 1.00 e. The van der Waals surface area contributed by atoms with E-state index in [2.05, 4.69) is 0 Å². The molecule has 1 aliphatic heterocycles. The van der Waals surface area contributed by atoms with Gasteiger partial charge >= 0.3 is 29.6 Å². The molecule has 1 aromatic carbocycles.